The van der Waals surface area contributed by atoms with Crippen molar-refractivity contribution in [2.24, 2.45) is 0 Å². The zero-order valence-corrected chi connectivity index (χ0v) is 20.7. The number of unbranched alkanes of at least 4 members (excludes halogenated alkanes) is 5. The van der Waals surface area contributed by atoms with Crippen LogP contribution in [0.1, 0.15) is 92.6 Å². The molecule has 2 heterocycles. The monoisotopic (exact) mass is 448 g/mol. The standard InChI is InChI=1S/C30H42NO2/c1-3-4-5-6-7-9-12-24-15-17-25(18-16-24)23-31(2)27-19-20-28(31)22-29(21-27)33-30(32)26-13-10-8-11-14-26/h8,10-11,13-18,27-29H,3-7,9,12,19-23H2,1-2H3/q+1/t27-,28+,29?,31?. The number of nitrogens with zero attached hydrogens (tertiary/aromatic N) is 1. The van der Waals surface area contributed by atoms with Crippen molar-refractivity contribution >= 4 is 5.97 Å². The summed E-state index contributed by atoms with van der Waals surface area (Å²) in [4.78, 5) is 12.5. The van der Waals surface area contributed by atoms with Gasteiger partial charge in [-0.1, -0.05) is 81.5 Å². The quantitative estimate of drug-likeness (QED) is 0.208. The van der Waals surface area contributed by atoms with Gasteiger partial charge in [-0.2, -0.15) is 0 Å². The van der Waals surface area contributed by atoms with Gasteiger partial charge in [0, 0.05) is 31.2 Å². The van der Waals surface area contributed by atoms with Crippen LogP contribution in [0.3, 0.4) is 0 Å². The smallest absolute Gasteiger partial charge is 0.338 e. The molecule has 0 spiro atoms. The van der Waals surface area contributed by atoms with Crippen molar-refractivity contribution in [3.63, 3.8) is 0 Å². The van der Waals surface area contributed by atoms with E-state index in [0.29, 0.717) is 17.6 Å². The van der Waals surface area contributed by atoms with Gasteiger partial charge in [-0.25, -0.2) is 4.79 Å². The van der Waals surface area contributed by atoms with Gasteiger partial charge < -0.3 is 9.22 Å². The second kappa shape index (κ2) is 11.3. The highest BCUT2D eigenvalue weighted by Crippen LogP contribution is 2.43. The molecule has 0 N–H and O–H groups in total. The first-order valence-corrected chi connectivity index (χ1v) is 13.3. The highest BCUT2D eigenvalue weighted by atomic mass is 16.5. The number of hydrogen-bond acceptors (Lipinski definition) is 2. The van der Waals surface area contributed by atoms with Crippen molar-refractivity contribution < 1.29 is 14.0 Å². The normalized spacial score (nSPS) is 26.3. The molecular formula is C30H42NO2+. The van der Waals surface area contributed by atoms with E-state index in [0.717, 1.165) is 23.9 Å². The third-order valence-electron chi connectivity index (χ3n) is 8.22. The number of fused-ring (bicyclic) bond motifs is 2. The number of rotatable bonds is 11. The average Bonchev–Trinajstić information content (AvgIpc) is 2.99. The first-order valence-electron chi connectivity index (χ1n) is 13.3. The van der Waals surface area contributed by atoms with Crippen LogP contribution in [0.2, 0.25) is 0 Å². The Morgan fingerprint density at radius 1 is 0.848 bits per heavy atom. The molecule has 4 atom stereocenters. The molecule has 2 fully saturated rings. The zero-order chi connectivity index (χ0) is 23.1. The van der Waals surface area contributed by atoms with E-state index in [-0.39, 0.29) is 12.1 Å². The summed E-state index contributed by atoms with van der Waals surface area (Å²) in [5.41, 5.74) is 3.58. The molecular weight excluding hydrogens is 406 g/mol. The van der Waals surface area contributed by atoms with Gasteiger partial charge in [-0.15, -0.1) is 0 Å². The number of piperidine rings is 1. The lowest BCUT2D eigenvalue weighted by Gasteiger charge is -2.47. The minimum absolute atomic E-state index is 0.0566. The Kier molecular flexibility index (Phi) is 8.25. The fraction of sp³-hybridized carbons (Fsp3) is 0.567. The van der Waals surface area contributed by atoms with Crippen molar-refractivity contribution in [1.82, 2.24) is 0 Å². The maximum atomic E-state index is 12.5. The van der Waals surface area contributed by atoms with Gasteiger partial charge in [0.15, 0.2) is 0 Å². The van der Waals surface area contributed by atoms with Crippen molar-refractivity contribution in [2.45, 2.75) is 102 Å². The molecule has 0 aromatic heterocycles. The van der Waals surface area contributed by atoms with Crippen LogP contribution in [-0.4, -0.2) is 35.7 Å². The van der Waals surface area contributed by atoms with Crippen LogP contribution in [0, 0.1) is 0 Å². The molecule has 3 nitrogen and oxygen atoms in total. The largest absolute Gasteiger partial charge is 0.458 e. The summed E-state index contributed by atoms with van der Waals surface area (Å²) in [6, 6.07) is 20.0. The summed E-state index contributed by atoms with van der Waals surface area (Å²) in [7, 11) is 2.43. The van der Waals surface area contributed by atoms with Crippen LogP contribution in [0.4, 0.5) is 0 Å². The Labute approximate surface area is 200 Å². The van der Waals surface area contributed by atoms with E-state index in [1.165, 1.54) is 68.9 Å². The summed E-state index contributed by atoms with van der Waals surface area (Å²) >= 11 is 0. The Bertz CT molecular complexity index is 862. The van der Waals surface area contributed by atoms with E-state index in [2.05, 4.69) is 38.2 Å². The Morgan fingerprint density at radius 3 is 2.12 bits per heavy atom. The molecule has 0 amide bonds. The van der Waals surface area contributed by atoms with Crippen molar-refractivity contribution in [3.05, 3.63) is 71.3 Å². The maximum Gasteiger partial charge on any atom is 0.338 e. The third kappa shape index (κ3) is 6.06. The highest BCUT2D eigenvalue weighted by Gasteiger charge is 2.52. The van der Waals surface area contributed by atoms with Gasteiger partial charge in [-0.3, -0.25) is 0 Å². The van der Waals surface area contributed by atoms with Crippen LogP contribution in [0.15, 0.2) is 54.6 Å². The molecule has 2 unspecified atom stereocenters. The fourth-order valence-electron chi connectivity index (χ4n) is 6.16. The Balaban J connectivity index is 1.28. The lowest BCUT2D eigenvalue weighted by Crippen LogP contribution is -2.58. The van der Waals surface area contributed by atoms with Gasteiger partial charge in [-0.05, 0) is 30.5 Å². The summed E-state index contributed by atoms with van der Waals surface area (Å²) in [6.07, 6.45) is 13.9. The molecule has 178 valence electrons. The molecule has 33 heavy (non-hydrogen) atoms. The number of ether oxygens (including phenoxy) is 1. The number of esters is 1. The van der Waals surface area contributed by atoms with Crippen LogP contribution in [0.5, 0.6) is 0 Å². The molecule has 2 aliphatic heterocycles. The van der Waals surface area contributed by atoms with Crippen molar-refractivity contribution in [3.8, 4) is 0 Å². The molecule has 4 rings (SSSR count). The lowest BCUT2D eigenvalue weighted by atomic mass is 9.95. The predicted molar refractivity (Wildman–Crippen MR) is 135 cm³/mol. The van der Waals surface area contributed by atoms with Crippen LogP contribution in [0.25, 0.3) is 0 Å². The molecule has 0 aliphatic carbocycles. The van der Waals surface area contributed by atoms with E-state index in [1.54, 1.807) is 0 Å². The highest BCUT2D eigenvalue weighted by molar-refractivity contribution is 5.89. The molecule has 2 saturated heterocycles. The lowest BCUT2D eigenvalue weighted by molar-refractivity contribution is -0.961. The summed E-state index contributed by atoms with van der Waals surface area (Å²) in [5.74, 6) is -0.169. The second-order valence-corrected chi connectivity index (χ2v) is 10.6. The average molecular weight is 449 g/mol. The number of aryl methyl sites for hydroxylation is 1. The number of carbonyl (C=O) groups is 1. The predicted octanol–water partition coefficient (Wildman–Crippen LogP) is 7.09. The van der Waals surface area contributed by atoms with Crippen molar-refractivity contribution in [1.29, 1.82) is 0 Å². The minimum atomic E-state index is -0.169. The summed E-state index contributed by atoms with van der Waals surface area (Å²) in [6.45, 7) is 3.37. The van der Waals surface area contributed by atoms with Crippen LogP contribution in [-0.2, 0) is 17.7 Å². The van der Waals surface area contributed by atoms with Crippen molar-refractivity contribution in [2.75, 3.05) is 7.05 Å². The van der Waals surface area contributed by atoms with Crippen LogP contribution >= 0.6 is 0 Å². The van der Waals surface area contributed by atoms with E-state index < -0.39 is 0 Å². The molecule has 2 bridgehead atoms. The number of carbonyl (C=O) groups excluding carboxylic acids is 1. The van der Waals surface area contributed by atoms with E-state index in [1.807, 2.05) is 30.3 Å². The molecule has 2 aromatic carbocycles. The zero-order valence-electron chi connectivity index (χ0n) is 20.7. The Morgan fingerprint density at radius 2 is 1.45 bits per heavy atom. The number of quaternary nitrogens is 1. The minimum Gasteiger partial charge on any atom is -0.458 e. The van der Waals surface area contributed by atoms with Gasteiger partial charge in [0.05, 0.1) is 24.7 Å². The van der Waals surface area contributed by atoms with E-state index >= 15 is 0 Å². The molecule has 3 heteroatoms. The van der Waals surface area contributed by atoms with E-state index in [9.17, 15) is 4.79 Å². The Hall–Kier alpha value is -2.13. The third-order valence-corrected chi connectivity index (χ3v) is 8.22. The van der Waals surface area contributed by atoms with Gasteiger partial charge >= 0.3 is 5.97 Å². The molecule has 0 radical (unpaired) electrons. The fourth-order valence-corrected chi connectivity index (χ4v) is 6.16. The number of benzene rings is 2. The van der Waals surface area contributed by atoms with Crippen LogP contribution < -0.4 is 0 Å². The molecule has 0 saturated carbocycles. The first-order chi connectivity index (χ1) is 16.1. The maximum absolute atomic E-state index is 12.5. The summed E-state index contributed by atoms with van der Waals surface area (Å²) < 4.78 is 7.04. The molecule has 2 aliphatic rings. The first kappa shape index (κ1) is 24.0. The molecule has 2 aromatic rings. The van der Waals surface area contributed by atoms with Gasteiger partial charge in [0.1, 0.15) is 12.6 Å². The SMILES string of the molecule is CCCCCCCCc1ccc(C[N+]2(C)[C@@H]3CC[C@H]2CC(OC(=O)c2ccccc2)C3)cc1. The number of hydrogen-bond donors (Lipinski definition) is 0. The summed E-state index contributed by atoms with van der Waals surface area (Å²) in [5, 5.41) is 0. The second-order valence-electron chi connectivity index (χ2n) is 10.6. The van der Waals surface area contributed by atoms with Gasteiger partial charge in [0.25, 0.3) is 0 Å². The van der Waals surface area contributed by atoms with Gasteiger partial charge in [0.2, 0.25) is 0 Å². The topological polar surface area (TPSA) is 26.3 Å². The van der Waals surface area contributed by atoms with E-state index in [4.69, 9.17) is 4.74 Å².